The Morgan fingerprint density at radius 3 is 2.67 bits per heavy atom. The number of benzene rings is 1. The zero-order valence-corrected chi connectivity index (χ0v) is 8.27. The van der Waals surface area contributed by atoms with Crippen LogP contribution in [0.4, 0.5) is 10.1 Å². The molecule has 0 saturated heterocycles. The van der Waals surface area contributed by atoms with Gasteiger partial charge in [0.15, 0.2) is 5.78 Å². The fraction of sp³-hybridized carbons (Fsp3) is 0.0909. The van der Waals surface area contributed by atoms with Gasteiger partial charge in [-0.05, 0) is 19.1 Å². The maximum absolute atomic E-state index is 13.1. The molecule has 1 aromatic carbocycles. The number of nitrogens with zero attached hydrogens (tertiary/aromatic N) is 1. The van der Waals surface area contributed by atoms with E-state index >= 15 is 0 Å². The van der Waals surface area contributed by atoms with Crippen LogP contribution in [0, 0.1) is 5.82 Å². The Kier molecular flexibility index (Phi) is 3.74. The third kappa shape index (κ3) is 3.02. The van der Waals surface area contributed by atoms with Crippen LogP contribution in [0.2, 0.25) is 0 Å². The summed E-state index contributed by atoms with van der Waals surface area (Å²) in [5.41, 5.74) is 5.64. The van der Waals surface area contributed by atoms with Crippen LogP contribution < -0.4 is 5.73 Å². The fourth-order valence-electron chi connectivity index (χ4n) is 0.947. The van der Waals surface area contributed by atoms with E-state index in [9.17, 15) is 9.18 Å². The van der Waals surface area contributed by atoms with Crippen molar-refractivity contribution in [1.29, 1.82) is 0 Å². The number of rotatable bonds is 3. The van der Waals surface area contributed by atoms with E-state index in [0.717, 1.165) is 6.20 Å². The number of aliphatic imine (C=N–C) groups is 1. The van der Waals surface area contributed by atoms with E-state index in [1.807, 2.05) is 0 Å². The molecule has 0 aliphatic carbocycles. The first-order chi connectivity index (χ1) is 7.15. The molecule has 1 rings (SSSR count). The van der Waals surface area contributed by atoms with Crippen LogP contribution in [-0.4, -0.2) is 12.0 Å². The van der Waals surface area contributed by atoms with Gasteiger partial charge in [0.1, 0.15) is 5.82 Å². The van der Waals surface area contributed by atoms with Crippen LogP contribution in [0.5, 0.6) is 0 Å². The molecule has 0 fully saturated rings. The lowest BCUT2D eigenvalue weighted by molar-refractivity contribution is -0.113. The number of halogens is 1. The van der Waals surface area contributed by atoms with Crippen molar-refractivity contribution in [3.63, 3.8) is 0 Å². The van der Waals surface area contributed by atoms with Gasteiger partial charge >= 0.3 is 0 Å². The highest BCUT2D eigenvalue weighted by Crippen LogP contribution is 2.15. The highest BCUT2D eigenvalue weighted by atomic mass is 19.1. The van der Waals surface area contributed by atoms with Gasteiger partial charge in [-0.3, -0.25) is 9.79 Å². The average molecular weight is 206 g/mol. The van der Waals surface area contributed by atoms with Crippen molar-refractivity contribution in [3.8, 4) is 0 Å². The molecule has 0 bridgehead atoms. The van der Waals surface area contributed by atoms with E-state index in [-0.39, 0.29) is 17.0 Å². The van der Waals surface area contributed by atoms with Gasteiger partial charge in [-0.2, -0.15) is 0 Å². The molecule has 3 nitrogen and oxygen atoms in total. The summed E-state index contributed by atoms with van der Waals surface area (Å²) in [5.74, 6) is -0.647. The van der Waals surface area contributed by atoms with E-state index in [4.69, 9.17) is 5.73 Å². The van der Waals surface area contributed by atoms with Gasteiger partial charge in [0.25, 0.3) is 0 Å². The van der Waals surface area contributed by atoms with Crippen molar-refractivity contribution < 1.29 is 9.18 Å². The second-order valence-corrected chi connectivity index (χ2v) is 2.89. The first-order valence-electron chi connectivity index (χ1n) is 4.36. The Balaban J connectivity index is 2.91. The largest absolute Gasteiger partial charge is 0.404 e. The maximum atomic E-state index is 13.1. The first kappa shape index (κ1) is 11.1. The molecule has 0 aromatic heterocycles. The third-order valence-corrected chi connectivity index (χ3v) is 1.78. The van der Waals surface area contributed by atoms with E-state index < -0.39 is 5.82 Å². The molecule has 0 heterocycles. The second-order valence-electron chi connectivity index (χ2n) is 2.89. The van der Waals surface area contributed by atoms with E-state index in [1.54, 1.807) is 12.1 Å². The Labute approximate surface area is 87.1 Å². The molecule has 0 saturated carbocycles. The summed E-state index contributed by atoms with van der Waals surface area (Å²) in [6.07, 6.45) is 2.40. The van der Waals surface area contributed by atoms with Crippen molar-refractivity contribution in [2.75, 3.05) is 0 Å². The van der Waals surface area contributed by atoms with Crippen LogP contribution in [0.25, 0.3) is 0 Å². The van der Waals surface area contributed by atoms with Crippen LogP contribution in [-0.2, 0) is 4.79 Å². The van der Waals surface area contributed by atoms with Gasteiger partial charge in [0.2, 0.25) is 0 Å². The van der Waals surface area contributed by atoms with Crippen molar-refractivity contribution in [1.82, 2.24) is 0 Å². The molecule has 78 valence electrons. The maximum Gasteiger partial charge on any atom is 0.162 e. The number of Topliss-reactive ketones (excluding diaryl/α,β-unsaturated/α-hetero) is 1. The van der Waals surface area contributed by atoms with Crippen molar-refractivity contribution >= 4 is 17.7 Å². The van der Waals surface area contributed by atoms with Gasteiger partial charge in [-0.15, -0.1) is 0 Å². The molecule has 0 aliphatic heterocycles. The number of allylic oxidation sites excluding steroid dienone is 1. The average Bonchev–Trinajstić information content (AvgIpc) is 2.21. The van der Waals surface area contributed by atoms with E-state index in [1.165, 1.54) is 25.3 Å². The summed E-state index contributed by atoms with van der Waals surface area (Å²) in [7, 11) is 0. The van der Waals surface area contributed by atoms with E-state index in [0.29, 0.717) is 0 Å². The van der Waals surface area contributed by atoms with Gasteiger partial charge in [0.05, 0.1) is 11.3 Å². The summed E-state index contributed by atoms with van der Waals surface area (Å²) in [5, 5.41) is 0. The lowest BCUT2D eigenvalue weighted by atomic mass is 10.2. The Morgan fingerprint density at radius 1 is 1.47 bits per heavy atom. The van der Waals surface area contributed by atoms with Gasteiger partial charge in [-0.25, -0.2) is 4.39 Å². The molecular weight excluding hydrogens is 195 g/mol. The quantitative estimate of drug-likeness (QED) is 0.607. The molecule has 0 radical (unpaired) electrons. The lowest BCUT2D eigenvalue weighted by Gasteiger charge is -1.96. The molecule has 0 aliphatic rings. The number of hydrogen-bond acceptors (Lipinski definition) is 3. The van der Waals surface area contributed by atoms with Crippen molar-refractivity contribution in [2.45, 2.75) is 6.92 Å². The summed E-state index contributed by atoms with van der Waals surface area (Å²) >= 11 is 0. The molecule has 0 unspecified atom stereocenters. The standard InChI is InChI=1S/C11H11FN2O/c1-8(15)9(6-13)7-14-11-5-3-2-4-10(11)12/h2-7H,13H2,1H3/b9-6+,14-7?. The predicted octanol–water partition coefficient (Wildman–Crippen LogP) is 1.96. The highest BCUT2D eigenvalue weighted by Gasteiger charge is 2.00. The minimum atomic E-state index is -0.436. The smallest absolute Gasteiger partial charge is 0.162 e. The summed E-state index contributed by atoms with van der Waals surface area (Å²) in [4.78, 5) is 14.8. The second kappa shape index (κ2) is 5.05. The predicted molar refractivity (Wildman–Crippen MR) is 57.5 cm³/mol. The van der Waals surface area contributed by atoms with Crippen LogP contribution >= 0.6 is 0 Å². The molecule has 2 N–H and O–H groups in total. The Morgan fingerprint density at radius 2 is 2.13 bits per heavy atom. The summed E-state index contributed by atoms with van der Waals surface area (Å²) in [6.45, 7) is 1.37. The minimum Gasteiger partial charge on any atom is -0.404 e. The van der Waals surface area contributed by atoms with Gasteiger partial charge in [-0.1, -0.05) is 12.1 Å². The summed E-state index contributed by atoms with van der Waals surface area (Å²) < 4.78 is 13.1. The van der Waals surface area contributed by atoms with Crippen LogP contribution in [0.1, 0.15) is 6.92 Å². The topological polar surface area (TPSA) is 55.5 Å². The zero-order chi connectivity index (χ0) is 11.3. The molecule has 0 spiro atoms. The molecule has 4 heteroatoms. The Hall–Kier alpha value is -1.97. The Bertz CT molecular complexity index is 424. The molecule has 0 amide bonds. The number of ketones is 1. The SMILES string of the molecule is CC(=O)/C(C=Nc1ccccc1F)=C/N. The first-order valence-corrected chi connectivity index (χ1v) is 4.36. The molecule has 15 heavy (non-hydrogen) atoms. The number of hydrogen-bond donors (Lipinski definition) is 1. The van der Waals surface area contributed by atoms with Gasteiger partial charge < -0.3 is 5.73 Å². The fourth-order valence-corrected chi connectivity index (χ4v) is 0.947. The highest BCUT2D eigenvalue weighted by molar-refractivity contribution is 6.12. The number of carbonyl (C=O) groups is 1. The van der Waals surface area contributed by atoms with E-state index in [2.05, 4.69) is 4.99 Å². The normalized spacial score (nSPS) is 12.0. The lowest BCUT2D eigenvalue weighted by Crippen LogP contribution is -2.00. The molecular formula is C11H11FN2O. The number of nitrogens with two attached hydrogens (primary N) is 1. The number of para-hydroxylation sites is 1. The van der Waals surface area contributed by atoms with Crippen LogP contribution in [0.15, 0.2) is 41.0 Å². The summed E-state index contributed by atoms with van der Waals surface area (Å²) in [6, 6.07) is 6.04. The van der Waals surface area contributed by atoms with Crippen molar-refractivity contribution in [2.24, 2.45) is 10.7 Å². The van der Waals surface area contributed by atoms with Gasteiger partial charge in [0, 0.05) is 12.4 Å². The monoisotopic (exact) mass is 206 g/mol. The van der Waals surface area contributed by atoms with Crippen LogP contribution in [0.3, 0.4) is 0 Å². The van der Waals surface area contributed by atoms with Crippen molar-refractivity contribution in [3.05, 3.63) is 41.9 Å². The zero-order valence-electron chi connectivity index (χ0n) is 8.27. The third-order valence-electron chi connectivity index (χ3n) is 1.78. The molecule has 1 aromatic rings. The minimum absolute atomic E-state index is 0.179. The molecule has 0 atom stereocenters. The number of carbonyl (C=O) groups excluding carboxylic acids is 1.